The van der Waals surface area contributed by atoms with Gasteiger partial charge in [0.25, 0.3) is 5.91 Å². The topological polar surface area (TPSA) is 60.5 Å². The van der Waals surface area contributed by atoms with Crippen molar-refractivity contribution in [1.29, 1.82) is 0 Å². The van der Waals surface area contributed by atoms with Crippen molar-refractivity contribution in [2.24, 2.45) is 0 Å². The third-order valence-electron chi connectivity index (χ3n) is 5.44. The lowest BCUT2D eigenvalue weighted by Crippen LogP contribution is -2.41. The summed E-state index contributed by atoms with van der Waals surface area (Å²) in [4.78, 5) is 16.3. The van der Waals surface area contributed by atoms with Gasteiger partial charge in [-0.2, -0.15) is 13.2 Å². The summed E-state index contributed by atoms with van der Waals surface area (Å²) in [5.41, 5.74) is -1.64. The number of rotatable bonds is 3. The van der Waals surface area contributed by atoms with E-state index < -0.39 is 41.8 Å². The van der Waals surface area contributed by atoms with Crippen LogP contribution in [0.4, 0.5) is 23.4 Å². The second-order valence-corrected chi connectivity index (χ2v) is 8.16. The van der Waals surface area contributed by atoms with Crippen LogP contribution in [0.5, 0.6) is 0 Å². The van der Waals surface area contributed by atoms with Crippen LogP contribution >= 0.6 is 0 Å². The molecule has 0 atom stereocenters. The number of anilines is 1. The summed E-state index contributed by atoms with van der Waals surface area (Å²) >= 11 is 0. The molecule has 2 heterocycles. The lowest BCUT2D eigenvalue weighted by atomic mass is 9.75. The lowest BCUT2D eigenvalue weighted by molar-refractivity contribution is -0.137. The minimum atomic E-state index is -4.60. The van der Waals surface area contributed by atoms with Gasteiger partial charge in [-0.1, -0.05) is 0 Å². The fraction of sp³-hybridized carbons (Fsp3) is 0.400. The van der Waals surface area contributed by atoms with Gasteiger partial charge in [0.15, 0.2) is 0 Å². The first kappa shape index (κ1) is 22.2. The summed E-state index contributed by atoms with van der Waals surface area (Å²) in [5, 5.41) is 2.21. The number of hydrogen-bond donors (Lipinski definition) is 1. The summed E-state index contributed by atoms with van der Waals surface area (Å²) in [5.74, 6) is -2.10. The number of amides is 1. The van der Waals surface area contributed by atoms with E-state index in [1.165, 1.54) is 6.07 Å². The number of halogens is 4. The molecule has 5 nitrogen and oxygen atoms in total. The van der Waals surface area contributed by atoms with E-state index in [0.717, 1.165) is 18.3 Å². The largest absolute Gasteiger partial charge is 0.495 e. The maximum absolute atomic E-state index is 14.5. The SMILES string of the molecule is Cc1cc(F)c(C(=O)Nc2cc(C(F)(F)F)ccn2)cc1B1OC(C)(C)C(C)(C)O1. The van der Waals surface area contributed by atoms with Gasteiger partial charge in [-0.25, -0.2) is 9.37 Å². The molecule has 0 unspecified atom stereocenters. The van der Waals surface area contributed by atoms with E-state index in [1.807, 2.05) is 27.7 Å². The summed E-state index contributed by atoms with van der Waals surface area (Å²) < 4.78 is 65.0. The predicted molar refractivity (Wildman–Crippen MR) is 104 cm³/mol. The molecule has 1 saturated heterocycles. The first-order valence-electron chi connectivity index (χ1n) is 9.21. The van der Waals surface area contributed by atoms with Crippen molar-refractivity contribution < 1.29 is 31.7 Å². The summed E-state index contributed by atoms with van der Waals surface area (Å²) in [6.07, 6.45) is -3.68. The van der Waals surface area contributed by atoms with Crippen LogP contribution in [0.2, 0.25) is 0 Å². The fourth-order valence-electron chi connectivity index (χ4n) is 2.95. The van der Waals surface area contributed by atoms with E-state index in [-0.39, 0.29) is 11.4 Å². The van der Waals surface area contributed by atoms with Gasteiger partial charge in [-0.3, -0.25) is 4.79 Å². The highest BCUT2D eigenvalue weighted by atomic mass is 19.4. The van der Waals surface area contributed by atoms with Crippen LogP contribution in [0.25, 0.3) is 0 Å². The highest BCUT2D eigenvalue weighted by molar-refractivity contribution is 6.62. The van der Waals surface area contributed by atoms with Crippen LogP contribution in [-0.4, -0.2) is 29.2 Å². The molecule has 1 aromatic carbocycles. The number of benzene rings is 1. The minimum Gasteiger partial charge on any atom is -0.399 e. The van der Waals surface area contributed by atoms with Crippen LogP contribution in [0.15, 0.2) is 30.5 Å². The van der Waals surface area contributed by atoms with E-state index >= 15 is 0 Å². The number of alkyl halides is 3. The Morgan fingerprint density at radius 3 is 2.27 bits per heavy atom. The third kappa shape index (κ3) is 4.20. The van der Waals surface area contributed by atoms with Crippen molar-refractivity contribution in [1.82, 2.24) is 4.98 Å². The Morgan fingerprint density at radius 1 is 1.10 bits per heavy atom. The average Bonchev–Trinajstić information content (AvgIpc) is 2.81. The van der Waals surface area contributed by atoms with Crippen molar-refractivity contribution in [3.05, 3.63) is 53.0 Å². The molecule has 2 aromatic rings. The van der Waals surface area contributed by atoms with Crippen LogP contribution < -0.4 is 10.8 Å². The van der Waals surface area contributed by atoms with Gasteiger partial charge in [0.2, 0.25) is 0 Å². The number of carbonyl (C=O) groups is 1. The number of nitrogens with one attached hydrogen (secondary N) is 1. The maximum Gasteiger partial charge on any atom is 0.495 e. The summed E-state index contributed by atoms with van der Waals surface area (Å²) in [6, 6.07) is 3.90. The zero-order valence-electron chi connectivity index (χ0n) is 17.1. The molecular weight excluding hydrogens is 403 g/mol. The average molecular weight is 424 g/mol. The number of hydrogen-bond acceptors (Lipinski definition) is 4. The molecule has 30 heavy (non-hydrogen) atoms. The number of nitrogens with zero attached hydrogens (tertiary/aromatic N) is 1. The van der Waals surface area contributed by atoms with Gasteiger partial charge < -0.3 is 14.6 Å². The van der Waals surface area contributed by atoms with Gasteiger partial charge in [0, 0.05) is 6.20 Å². The van der Waals surface area contributed by atoms with Gasteiger partial charge in [-0.15, -0.1) is 0 Å². The minimum absolute atomic E-state index is 0.341. The predicted octanol–water partition coefficient (Wildman–Crippen LogP) is 4.10. The second-order valence-electron chi connectivity index (χ2n) is 8.16. The molecule has 1 aromatic heterocycles. The highest BCUT2D eigenvalue weighted by Crippen LogP contribution is 2.37. The van der Waals surface area contributed by atoms with E-state index in [4.69, 9.17) is 9.31 Å². The molecule has 160 valence electrons. The van der Waals surface area contributed by atoms with E-state index in [0.29, 0.717) is 17.1 Å². The van der Waals surface area contributed by atoms with Crippen molar-refractivity contribution in [3.63, 3.8) is 0 Å². The Kier molecular flexibility index (Phi) is 5.45. The van der Waals surface area contributed by atoms with Gasteiger partial charge in [0.1, 0.15) is 11.6 Å². The van der Waals surface area contributed by atoms with Crippen LogP contribution in [-0.2, 0) is 15.5 Å². The fourth-order valence-corrected chi connectivity index (χ4v) is 2.95. The van der Waals surface area contributed by atoms with Crippen molar-refractivity contribution >= 4 is 24.3 Å². The standard InChI is InChI=1S/C20H21BF4N2O3/c1-11-8-15(22)13(10-14(11)21-29-18(2,3)19(4,5)30-21)17(28)27-16-9-12(6-7-26-16)20(23,24)25/h6-10H,1-5H3,(H,26,27,28). The van der Waals surface area contributed by atoms with E-state index in [1.54, 1.807) is 6.92 Å². The van der Waals surface area contributed by atoms with Crippen molar-refractivity contribution in [3.8, 4) is 0 Å². The molecule has 0 aliphatic carbocycles. The normalized spacial score (nSPS) is 17.8. The molecule has 10 heteroatoms. The molecule has 1 fully saturated rings. The molecule has 3 rings (SSSR count). The van der Waals surface area contributed by atoms with Crippen molar-refractivity contribution in [2.45, 2.75) is 52.0 Å². The molecule has 1 aliphatic heterocycles. The smallest absolute Gasteiger partial charge is 0.399 e. The Hall–Kier alpha value is -2.46. The number of aromatic nitrogens is 1. The Bertz CT molecular complexity index is 977. The van der Waals surface area contributed by atoms with E-state index in [2.05, 4.69) is 10.3 Å². The zero-order chi connectivity index (χ0) is 22.5. The Balaban J connectivity index is 1.90. The first-order chi connectivity index (χ1) is 13.7. The van der Waals surface area contributed by atoms with Crippen LogP contribution in [0.3, 0.4) is 0 Å². The molecule has 0 saturated carbocycles. The second kappa shape index (κ2) is 7.35. The Morgan fingerprint density at radius 2 is 1.70 bits per heavy atom. The monoisotopic (exact) mass is 424 g/mol. The van der Waals surface area contributed by atoms with E-state index in [9.17, 15) is 22.4 Å². The third-order valence-corrected chi connectivity index (χ3v) is 5.44. The number of aryl methyl sites for hydroxylation is 1. The zero-order valence-corrected chi connectivity index (χ0v) is 17.1. The molecule has 0 spiro atoms. The molecule has 1 aliphatic rings. The number of pyridine rings is 1. The van der Waals surface area contributed by atoms with Gasteiger partial charge >= 0.3 is 13.3 Å². The summed E-state index contributed by atoms with van der Waals surface area (Å²) in [6.45, 7) is 9.09. The van der Waals surface area contributed by atoms with Gasteiger partial charge in [-0.05, 0) is 69.9 Å². The van der Waals surface area contributed by atoms with Crippen LogP contribution in [0.1, 0.15) is 49.2 Å². The summed E-state index contributed by atoms with van der Waals surface area (Å²) in [7, 11) is -0.825. The molecular formula is C20H21BF4N2O3. The Labute approximate surface area is 171 Å². The van der Waals surface area contributed by atoms with Crippen molar-refractivity contribution in [2.75, 3.05) is 5.32 Å². The highest BCUT2D eigenvalue weighted by Gasteiger charge is 2.52. The molecule has 1 N–H and O–H groups in total. The quantitative estimate of drug-likeness (QED) is 0.596. The molecule has 0 bridgehead atoms. The van der Waals surface area contributed by atoms with Gasteiger partial charge in [0.05, 0.1) is 22.3 Å². The maximum atomic E-state index is 14.5. The molecule has 1 amide bonds. The lowest BCUT2D eigenvalue weighted by Gasteiger charge is -2.32. The molecule has 0 radical (unpaired) electrons. The van der Waals surface area contributed by atoms with Crippen LogP contribution in [0, 0.1) is 12.7 Å². The number of carbonyl (C=O) groups excluding carboxylic acids is 1. The first-order valence-corrected chi connectivity index (χ1v) is 9.21.